The van der Waals surface area contributed by atoms with Crippen LogP contribution >= 0.6 is 0 Å². The molecule has 0 saturated carbocycles. The molecular formula is C21H20N4O5. The van der Waals surface area contributed by atoms with E-state index < -0.39 is 23.2 Å². The summed E-state index contributed by atoms with van der Waals surface area (Å²) < 4.78 is 11.1. The maximum atomic E-state index is 13.0. The van der Waals surface area contributed by atoms with E-state index in [-0.39, 0.29) is 12.3 Å². The van der Waals surface area contributed by atoms with Crippen molar-refractivity contribution in [2.24, 2.45) is 0 Å². The minimum Gasteiger partial charge on any atom is -0.497 e. The van der Waals surface area contributed by atoms with Crippen molar-refractivity contribution in [1.82, 2.24) is 20.5 Å². The molecule has 4 heterocycles. The SMILES string of the molecule is COc1ccc2c(c1)C(C)(O)N(C[C@@]1(c3cc4cccnc4o3)NC(=O)NC1=O)C2. The van der Waals surface area contributed by atoms with Crippen molar-refractivity contribution >= 4 is 23.0 Å². The van der Waals surface area contributed by atoms with E-state index in [1.54, 1.807) is 43.3 Å². The lowest BCUT2D eigenvalue weighted by molar-refractivity contribution is -0.132. The third kappa shape index (κ3) is 2.59. The van der Waals surface area contributed by atoms with E-state index in [0.717, 1.165) is 5.56 Å². The molecule has 2 aromatic heterocycles. The van der Waals surface area contributed by atoms with Crippen molar-refractivity contribution < 1.29 is 23.8 Å². The average Bonchev–Trinajstić information content (AvgIpc) is 3.35. The summed E-state index contributed by atoms with van der Waals surface area (Å²) in [6, 6.07) is 10.1. The summed E-state index contributed by atoms with van der Waals surface area (Å²) in [6.07, 6.45) is 1.59. The Bertz CT molecular complexity index is 1150. The highest BCUT2D eigenvalue weighted by Crippen LogP contribution is 2.41. The van der Waals surface area contributed by atoms with E-state index in [0.29, 0.717) is 29.0 Å². The number of imide groups is 1. The molecule has 0 radical (unpaired) electrons. The molecule has 154 valence electrons. The van der Waals surface area contributed by atoms with Gasteiger partial charge in [-0.25, -0.2) is 9.78 Å². The van der Waals surface area contributed by atoms with Gasteiger partial charge in [-0.2, -0.15) is 0 Å². The van der Waals surface area contributed by atoms with Crippen LogP contribution in [0.1, 0.15) is 23.8 Å². The molecule has 1 saturated heterocycles. The molecule has 2 aliphatic rings. The summed E-state index contributed by atoms with van der Waals surface area (Å²) in [7, 11) is 1.56. The Balaban J connectivity index is 1.57. The summed E-state index contributed by atoms with van der Waals surface area (Å²) in [6.45, 7) is 2.03. The molecule has 3 amide bonds. The summed E-state index contributed by atoms with van der Waals surface area (Å²) >= 11 is 0. The summed E-state index contributed by atoms with van der Waals surface area (Å²) in [5.41, 5.74) is -0.926. The number of rotatable bonds is 4. The van der Waals surface area contributed by atoms with Crippen molar-refractivity contribution in [2.45, 2.75) is 24.7 Å². The van der Waals surface area contributed by atoms with Gasteiger partial charge in [-0.3, -0.25) is 15.0 Å². The molecule has 0 bridgehead atoms. The number of hydrogen-bond acceptors (Lipinski definition) is 7. The number of benzene rings is 1. The second kappa shape index (κ2) is 6.28. The molecule has 5 rings (SSSR count). The first-order valence-corrected chi connectivity index (χ1v) is 9.47. The topological polar surface area (TPSA) is 117 Å². The van der Waals surface area contributed by atoms with Crippen molar-refractivity contribution in [3.63, 3.8) is 0 Å². The highest BCUT2D eigenvalue weighted by molar-refractivity contribution is 6.07. The third-order valence-corrected chi connectivity index (χ3v) is 5.89. The average molecular weight is 408 g/mol. The van der Waals surface area contributed by atoms with Crippen LogP contribution in [0.15, 0.2) is 47.0 Å². The Kier molecular flexibility index (Phi) is 3.89. The van der Waals surface area contributed by atoms with Gasteiger partial charge in [0, 0.05) is 30.2 Å². The summed E-state index contributed by atoms with van der Waals surface area (Å²) in [5, 5.41) is 17.0. The minimum atomic E-state index is -1.51. The van der Waals surface area contributed by atoms with Crippen LogP contribution in [0.25, 0.3) is 11.1 Å². The third-order valence-electron chi connectivity index (χ3n) is 5.89. The zero-order chi connectivity index (χ0) is 21.1. The molecule has 9 nitrogen and oxygen atoms in total. The van der Waals surface area contributed by atoms with Crippen LogP contribution < -0.4 is 15.4 Å². The molecule has 9 heteroatoms. The highest BCUT2D eigenvalue weighted by Gasteiger charge is 2.54. The van der Waals surface area contributed by atoms with Crippen LogP contribution in [0.2, 0.25) is 0 Å². The number of nitrogens with one attached hydrogen (secondary N) is 2. The van der Waals surface area contributed by atoms with E-state index in [1.165, 1.54) is 0 Å². The maximum absolute atomic E-state index is 13.0. The largest absolute Gasteiger partial charge is 0.497 e. The van der Waals surface area contributed by atoms with E-state index >= 15 is 0 Å². The molecule has 30 heavy (non-hydrogen) atoms. The number of carbonyl (C=O) groups is 2. The molecule has 2 atom stereocenters. The van der Waals surface area contributed by atoms with E-state index in [4.69, 9.17) is 9.15 Å². The zero-order valence-corrected chi connectivity index (χ0v) is 16.4. The monoisotopic (exact) mass is 408 g/mol. The van der Waals surface area contributed by atoms with Gasteiger partial charge in [-0.1, -0.05) is 6.07 Å². The van der Waals surface area contributed by atoms with E-state index in [2.05, 4.69) is 15.6 Å². The summed E-state index contributed by atoms with van der Waals surface area (Å²) in [5.74, 6) is 0.334. The van der Waals surface area contributed by atoms with Crippen molar-refractivity contribution in [2.75, 3.05) is 13.7 Å². The fourth-order valence-corrected chi connectivity index (χ4v) is 4.23. The molecule has 3 N–H and O–H groups in total. The van der Waals surface area contributed by atoms with Gasteiger partial charge in [0.1, 0.15) is 17.2 Å². The fourth-order valence-electron chi connectivity index (χ4n) is 4.23. The van der Waals surface area contributed by atoms with Crippen LogP contribution in [-0.4, -0.2) is 40.6 Å². The minimum absolute atomic E-state index is 0.00556. The van der Waals surface area contributed by atoms with Gasteiger partial charge in [-0.15, -0.1) is 0 Å². The number of amides is 3. The van der Waals surface area contributed by atoms with Crippen LogP contribution in [0.5, 0.6) is 5.75 Å². The van der Waals surface area contributed by atoms with E-state index in [1.807, 2.05) is 18.2 Å². The van der Waals surface area contributed by atoms with Crippen LogP contribution in [0.3, 0.4) is 0 Å². The fraction of sp³-hybridized carbons (Fsp3) is 0.286. The number of pyridine rings is 1. The van der Waals surface area contributed by atoms with Crippen molar-refractivity contribution in [3.8, 4) is 5.75 Å². The molecule has 0 spiro atoms. The lowest BCUT2D eigenvalue weighted by Crippen LogP contribution is -2.55. The van der Waals surface area contributed by atoms with Gasteiger partial charge in [0.2, 0.25) is 5.71 Å². The van der Waals surface area contributed by atoms with E-state index in [9.17, 15) is 14.7 Å². The number of ether oxygens (including phenoxy) is 1. The van der Waals surface area contributed by atoms with Gasteiger partial charge in [0.05, 0.1) is 7.11 Å². The Labute approximate surface area is 171 Å². The van der Waals surface area contributed by atoms with Gasteiger partial charge >= 0.3 is 6.03 Å². The molecule has 1 aromatic carbocycles. The molecule has 1 fully saturated rings. The first-order chi connectivity index (χ1) is 14.3. The number of hydrogen-bond donors (Lipinski definition) is 3. The predicted molar refractivity (Wildman–Crippen MR) is 105 cm³/mol. The van der Waals surface area contributed by atoms with Gasteiger partial charge < -0.3 is 19.6 Å². The Hall–Kier alpha value is -3.43. The Morgan fingerprint density at radius 2 is 2.13 bits per heavy atom. The number of carbonyl (C=O) groups excluding carboxylic acids is 2. The molecule has 1 unspecified atom stereocenters. The Morgan fingerprint density at radius 1 is 1.30 bits per heavy atom. The van der Waals surface area contributed by atoms with Crippen molar-refractivity contribution in [1.29, 1.82) is 0 Å². The number of urea groups is 1. The molecule has 0 aliphatic carbocycles. The lowest BCUT2D eigenvalue weighted by Gasteiger charge is -2.36. The van der Waals surface area contributed by atoms with Crippen molar-refractivity contribution in [3.05, 3.63) is 59.5 Å². The second-order valence-electron chi connectivity index (χ2n) is 7.72. The number of furan rings is 1. The normalized spacial score (nSPS) is 26.0. The molecular weight excluding hydrogens is 388 g/mol. The van der Waals surface area contributed by atoms with Crippen LogP contribution in [0.4, 0.5) is 4.79 Å². The molecule has 2 aliphatic heterocycles. The second-order valence-corrected chi connectivity index (χ2v) is 7.72. The van der Waals surface area contributed by atoms with Crippen LogP contribution in [0, 0.1) is 0 Å². The number of fused-ring (bicyclic) bond motifs is 2. The molecule has 3 aromatic rings. The summed E-state index contributed by atoms with van der Waals surface area (Å²) in [4.78, 5) is 30.9. The smallest absolute Gasteiger partial charge is 0.322 e. The zero-order valence-electron chi connectivity index (χ0n) is 16.4. The van der Waals surface area contributed by atoms with Gasteiger partial charge in [0.15, 0.2) is 5.54 Å². The van der Waals surface area contributed by atoms with Gasteiger partial charge in [0.25, 0.3) is 5.91 Å². The van der Waals surface area contributed by atoms with Gasteiger partial charge in [-0.05, 0) is 42.8 Å². The number of nitrogens with zero attached hydrogens (tertiary/aromatic N) is 2. The highest BCUT2D eigenvalue weighted by atomic mass is 16.5. The standard InChI is InChI=1S/C21H20N4O5/c1-20(28)15-9-14(29-2)6-5-13(15)10-25(20)11-21(18(26)23-19(27)24-21)16-8-12-4-3-7-22-17(12)30-16/h3-9,28H,10-11H2,1-2H3,(H2,23,24,26,27)/t20?,21-/m0/s1. The number of methoxy groups -OCH3 is 1. The number of aliphatic hydroxyl groups is 1. The lowest BCUT2D eigenvalue weighted by atomic mass is 9.94. The quantitative estimate of drug-likeness (QED) is 0.561. The maximum Gasteiger partial charge on any atom is 0.322 e. The van der Waals surface area contributed by atoms with Crippen LogP contribution in [-0.2, 0) is 22.6 Å². The number of aromatic nitrogens is 1. The predicted octanol–water partition coefficient (Wildman–Crippen LogP) is 1.55. The first kappa shape index (κ1) is 18.6. The first-order valence-electron chi connectivity index (χ1n) is 9.47. The Morgan fingerprint density at radius 3 is 2.83 bits per heavy atom.